The molecule has 0 aliphatic heterocycles. The SMILES string of the molecule is O=C(CSc1n[nH]c(N/N=C\c2ccc(O)cc2)n1)Nc1ccc(Cl)cc1. The van der Waals surface area contributed by atoms with Crippen LogP contribution >= 0.6 is 23.4 Å². The van der Waals surface area contributed by atoms with Crippen LogP contribution in [-0.4, -0.2) is 38.2 Å². The number of H-pyrrole nitrogens is 1. The third kappa shape index (κ3) is 6.01. The van der Waals surface area contributed by atoms with Crippen LogP contribution in [-0.2, 0) is 4.79 Å². The summed E-state index contributed by atoms with van der Waals surface area (Å²) in [4.78, 5) is 16.1. The largest absolute Gasteiger partial charge is 0.508 e. The molecule has 0 saturated carbocycles. The number of halogens is 1. The fourth-order valence-corrected chi connectivity index (χ4v) is 2.67. The zero-order valence-electron chi connectivity index (χ0n) is 13.9. The van der Waals surface area contributed by atoms with Gasteiger partial charge in [0.05, 0.1) is 12.0 Å². The van der Waals surface area contributed by atoms with Crippen molar-refractivity contribution in [2.75, 3.05) is 16.5 Å². The van der Waals surface area contributed by atoms with Gasteiger partial charge in [-0.15, -0.1) is 5.10 Å². The highest BCUT2D eigenvalue weighted by Gasteiger charge is 2.08. The normalized spacial score (nSPS) is 10.9. The summed E-state index contributed by atoms with van der Waals surface area (Å²) in [6, 6.07) is 13.5. The van der Waals surface area contributed by atoms with E-state index in [2.05, 4.69) is 31.0 Å². The van der Waals surface area contributed by atoms with Gasteiger partial charge >= 0.3 is 0 Å². The Bertz CT molecular complexity index is 927. The molecule has 1 aromatic heterocycles. The quantitative estimate of drug-likeness (QED) is 0.273. The molecule has 138 valence electrons. The number of nitrogens with one attached hydrogen (secondary N) is 3. The van der Waals surface area contributed by atoms with Crippen molar-refractivity contribution in [3.05, 3.63) is 59.1 Å². The molecule has 10 heteroatoms. The van der Waals surface area contributed by atoms with E-state index in [4.69, 9.17) is 11.6 Å². The van der Waals surface area contributed by atoms with Crippen molar-refractivity contribution in [3.63, 3.8) is 0 Å². The minimum atomic E-state index is -0.174. The lowest BCUT2D eigenvalue weighted by Crippen LogP contribution is -2.13. The van der Waals surface area contributed by atoms with Gasteiger partial charge in [-0.2, -0.15) is 10.1 Å². The number of nitrogens with zero attached hydrogens (tertiary/aromatic N) is 3. The first-order valence-corrected chi connectivity index (χ1v) is 9.13. The Morgan fingerprint density at radius 3 is 2.70 bits per heavy atom. The zero-order valence-corrected chi connectivity index (χ0v) is 15.5. The number of aromatic hydroxyl groups is 1. The molecule has 0 atom stereocenters. The van der Waals surface area contributed by atoms with E-state index >= 15 is 0 Å². The molecule has 0 saturated heterocycles. The molecule has 0 aliphatic carbocycles. The van der Waals surface area contributed by atoms with Crippen molar-refractivity contribution >= 4 is 47.1 Å². The van der Waals surface area contributed by atoms with Crippen LogP contribution < -0.4 is 10.7 Å². The number of phenolic OH excluding ortho intramolecular Hbond substituents is 1. The minimum Gasteiger partial charge on any atom is -0.508 e. The Morgan fingerprint density at radius 1 is 1.22 bits per heavy atom. The standard InChI is InChI=1S/C17H15ClN6O2S/c18-12-3-5-13(6-4-12)20-15(26)10-27-17-21-16(23-24-17)22-19-9-11-1-7-14(25)8-2-11/h1-9,25H,10H2,(H,20,26)(H2,21,22,23,24)/b19-9-. The number of anilines is 2. The van der Waals surface area contributed by atoms with Gasteiger partial charge in [-0.05, 0) is 54.1 Å². The van der Waals surface area contributed by atoms with Crippen molar-refractivity contribution in [2.45, 2.75) is 5.16 Å². The number of hydrogen-bond acceptors (Lipinski definition) is 7. The monoisotopic (exact) mass is 402 g/mol. The highest BCUT2D eigenvalue weighted by Crippen LogP contribution is 2.16. The van der Waals surface area contributed by atoms with Crippen LogP contribution in [0.2, 0.25) is 5.02 Å². The number of benzene rings is 2. The second kappa shape index (κ2) is 9.06. The Morgan fingerprint density at radius 2 is 1.96 bits per heavy atom. The number of amides is 1. The Balaban J connectivity index is 1.45. The third-order valence-electron chi connectivity index (χ3n) is 3.20. The first kappa shape index (κ1) is 18.7. The van der Waals surface area contributed by atoms with E-state index in [0.29, 0.717) is 21.8 Å². The Labute approximate surface area is 164 Å². The number of hydrazone groups is 1. The minimum absolute atomic E-state index is 0.163. The lowest BCUT2D eigenvalue weighted by atomic mass is 10.2. The average Bonchev–Trinajstić information content (AvgIpc) is 3.11. The predicted molar refractivity (Wildman–Crippen MR) is 107 cm³/mol. The summed E-state index contributed by atoms with van der Waals surface area (Å²) < 4.78 is 0. The molecule has 1 amide bonds. The molecule has 27 heavy (non-hydrogen) atoms. The number of aromatic nitrogens is 3. The molecule has 4 N–H and O–H groups in total. The molecule has 0 unspecified atom stereocenters. The molecule has 0 radical (unpaired) electrons. The molecule has 0 bridgehead atoms. The van der Waals surface area contributed by atoms with Gasteiger partial charge in [-0.3, -0.25) is 4.79 Å². The second-order valence-electron chi connectivity index (χ2n) is 5.27. The summed E-state index contributed by atoms with van der Waals surface area (Å²) in [5, 5.41) is 23.7. The summed E-state index contributed by atoms with van der Waals surface area (Å²) in [6.07, 6.45) is 1.58. The van der Waals surface area contributed by atoms with Gasteiger partial charge in [-0.25, -0.2) is 10.5 Å². The summed E-state index contributed by atoms with van der Waals surface area (Å²) in [6.45, 7) is 0. The number of carbonyl (C=O) groups excluding carboxylic acids is 1. The van der Waals surface area contributed by atoms with Crippen LogP contribution in [0.4, 0.5) is 11.6 Å². The van der Waals surface area contributed by atoms with Gasteiger partial charge in [0.2, 0.25) is 17.0 Å². The van der Waals surface area contributed by atoms with Gasteiger partial charge in [0.1, 0.15) is 5.75 Å². The molecular formula is C17H15ClN6O2S. The summed E-state index contributed by atoms with van der Waals surface area (Å²) in [7, 11) is 0. The van der Waals surface area contributed by atoms with E-state index in [9.17, 15) is 9.90 Å². The van der Waals surface area contributed by atoms with Crippen molar-refractivity contribution in [2.24, 2.45) is 5.10 Å². The molecule has 8 nitrogen and oxygen atoms in total. The lowest BCUT2D eigenvalue weighted by molar-refractivity contribution is -0.113. The maximum atomic E-state index is 11.9. The van der Waals surface area contributed by atoms with Crippen LogP contribution in [0.5, 0.6) is 5.75 Å². The molecule has 3 aromatic rings. The molecule has 0 aliphatic rings. The van der Waals surface area contributed by atoms with E-state index in [1.165, 1.54) is 11.8 Å². The maximum absolute atomic E-state index is 11.9. The smallest absolute Gasteiger partial charge is 0.240 e. The van der Waals surface area contributed by atoms with Gasteiger partial charge in [0.15, 0.2) is 0 Å². The number of thioether (sulfide) groups is 1. The van der Waals surface area contributed by atoms with Crippen molar-refractivity contribution in [1.29, 1.82) is 0 Å². The predicted octanol–water partition coefficient (Wildman–Crippen LogP) is 3.34. The van der Waals surface area contributed by atoms with Crippen molar-refractivity contribution in [3.8, 4) is 5.75 Å². The van der Waals surface area contributed by atoms with Gasteiger partial charge in [0.25, 0.3) is 0 Å². The molecule has 3 rings (SSSR count). The highest BCUT2D eigenvalue weighted by atomic mass is 35.5. The number of carbonyl (C=O) groups is 1. The maximum Gasteiger partial charge on any atom is 0.240 e. The number of aromatic amines is 1. The van der Waals surface area contributed by atoms with Crippen LogP contribution in [0.25, 0.3) is 0 Å². The fraction of sp³-hybridized carbons (Fsp3) is 0.0588. The van der Waals surface area contributed by atoms with Gasteiger partial charge in [0, 0.05) is 10.7 Å². The Hall–Kier alpha value is -3.04. The van der Waals surface area contributed by atoms with Crippen LogP contribution in [0.1, 0.15) is 5.56 Å². The number of hydrogen-bond donors (Lipinski definition) is 4. The van der Waals surface area contributed by atoms with E-state index in [-0.39, 0.29) is 17.4 Å². The van der Waals surface area contributed by atoms with Gasteiger partial charge < -0.3 is 10.4 Å². The first-order chi connectivity index (χ1) is 13.1. The summed E-state index contributed by atoms with van der Waals surface area (Å²) in [5.41, 5.74) is 4.20. The topological polar surface area (TPSA) is 115 Å². The third-order valence-corrected chi connectivity index (χ3v) is 4.30. The highest BCUT2D eigenvalue weighted by molar-refractivity contribution is 7.99. The molecule has 1 heterocycles. The molecule has 0 fully saturated rings. The van der Waals surface area contributed by atoms with Gasteiger partial charge in [-0.1, -0.05) is 23.4 Å². The Kier molecular flexibility index (Phi) is 6.29. The molecular weight excluding hydrogens is 388 g/mol. The second-order valence-corrected chi connectivity index (χ2v) is 6.65. The van der Waals surface area contributed by atoms with Crippen molar-refractivity contribution in [1.82, 2.24) is 15.2 Å². The zero-order chi connectivity index (χ0) is 19.1. The van der Waals surface area contributed by atoms with Crippen molar-refractivity contribution < 1.29 is 9.90 Å². The molecule has 0 spiro atoms. The fourth-order valence-electron chi connectivity index (χ4n) is 1.95. The molecule has 2 aromatic carbocycles. The first-order valence-electron chi connectivity index (χ1n) is 7.77. The van der Waals surface area contributed by atoms with E-state index in [0.717, 1.165) is 5.56 Å². The van der Waals surface area contributed by atoms with E-state index < -0.39 is 0 Å². The summed E-state index contributed by atoms with van der Waals surface area (Å²) >= 11 is 7.00. The average molecular weight is 403 g/mol. The van der Waals surface area contributed by atoms with Crippen LogP contribution in [0.3, 0.4) is 0 Å². The van der Waals surface area contributed by atoms with E-state index in [1.807, 2.05) is 0 Å². The summed E-state index contributed by atoms with van der Waals surface area (Å²) in [5.74, 6) is 0.534. The number of phenols is 1. The van der Waals surface area contributed by atoms with E-state index in [1.54, 1.807) is 54.7 Å². The van der Waals surface area contributed by atoms with Crippen LogP contribution in [0.15, 0.2) is 58.8 Å². The van der Waals surface area contributed by atoms with Crippen LogP contribution in [0, 0.1) is 0 Å². The number of rotatable bonds is 7. The lowest BCUT2D eigenvalue weighted by Gasteiger charge is -2.03.